The summed E-state index contributed by atoms with van der Waals surface area (Å²) < 4.78 is 1.06. The lowest BCUT2D eigenvalue weighted by molar-refractivity contribution is 0.157. The van der Waals surface area contributed by atoms with Gasteiger partial charge in [-0.1, -0.05) is 0 Å². The number of rotatable bonds is 2. The lowest BCUT2D eigenvalue weighted by Gasteiger charge is -2.05. The van der Waals surface area contributed by atoms with Gasteiger partial charge in [0.2, 0.25) is 0 Å². The molecule has 1 nitrogen and oxygen atoms in total. The minimum Gasteiger partial charge on any atom is -0.387 e. The van der Waals surface area contributed by atoms with Gasteiger partial charge in [0.25, 0.3) is 0 Å². The van der Waals surface area contributed by atoms with Crippen LogP contribution in [0.25, 0.3) is 0 Å². The van der Waals surface area contributed by atoms with E-state index in [1.165, 1.54) is 12.8 Å². The molecule has 3 heteroatoms. The molecule has 1 heterocycles. The van der Waals surface area contributed by atoms with E-state index in [-0.39, 0.29) is 6.10 Å². The van der Waals surface area contributed by atoms with Gasteiger partial charge in [-0.2, -0.15) is 0 Å². The summed E-state index contributed by atoms with van der Waals surface area (Å²) in [6.45, 7) is 0. The molecule has 1 fully saturated rings. The maximum absolute atomic E-state index is 9.71. The fourth-order valence-corrected chi connectivity index (χ4v) is 2.83. The first-order valence-corrected chi connectivity index (χ1v) is 5.37. The molecular weight excluding hydrogens is 224 g/mol. The van der Waals surface area contributed by atoms with Gasteiger partial charge in [-0.05, 0) is 46.1 Å². The van der Waals surface area contributed by atoms with E-state index in [0.717, 1.165) is 9.35 Å². The third-order valence-electron chi connectivity index (χ3n) is 1.98. The Morgan fingerprint density at radius 3 is 2.82 bits per heavy atom. The zero-order valence-electron chi connectivity index (χ0n) is 5.96. The van der Waals surface area contributed by atoms with Crippen molar-refractivity contribution in [3.05, 3.63) is 20.8 Å². The van der Waals surface area contributed by atoms with Crippen LogP contribution in [-0.2, 0) is 0 Å². The van der Waals surface area contributed by atoms with Crippen molar-refractivity contribution in [2.24, 2.45) is 5.92 Å². The highest BCUT2D eigenvalue weighted by Gasteiger charge is 2.32. The predicted molar refractivity (Wildman–Crippen MR) is 49.7 cm³/mol. The number of hydrogen-bond donors (Lipinski definition) is 1. The predicted octanol–water partition coefficient (Wildman–Crippen LogP) is 2.95. The Balaban J connectivity index is 2.20. The smallest absolute Gasteiger partial charge is 0.0921 e. The molecule has 1 unspecified atom stereocenters. The van der Waals surface area contributed by atoms with Crippen LogP contribution in [0.5, 0.6) is 0 Å². The van der Waals surface area contributed by atoms with E-state index in [0.29, 0.717) is 5.92 Å². The molecule has 11 heavy (non-hydrogen) atoms. The molecule has 1 aliphatic rings. The van der Waals surface area contributed by atoms with E-state index in [1.54, 1.807) is 11.3 Å². The Kier molecular flexibility index (Phi) is 2.04. The molecule has 0 bridgehead atoms. The lowest BCUT2D eigenvalue weighted by Crippen LogP contribution is -1.96. The third-order valence-corrected chi connectivity index (χ3v) is 3.92. The van der Waals surface area contributed by atoms with E-state index in [9.17, 15) is 5.11 Å². The molecule has 1 N–H and O–H groups in total. The second kappa shape index (κ2) is 2.88. The minimum atomic E-state index is -0.218. The number of hydrogen-bond acceptors (Lipinski definition) is 2. The highest BCUT2D eigenvalue weighted by atomic mass is 79.9. The molecule has 0 saturated heterocycles. The second-order valence-corrected chi connectivity index (χ2v) is 4.72. The van der Waals surface area contributed by atoms with Crippen LogP contribution in [-0.4, -0.2) is 5.11 Å². The molecule has 2 rings (SSSR count). The maximum Gasteiger partial charge on any atom is 0.0921 e. The summed E-state index contributed by atoms with van der Waals surface area (Å²) >= 11 is 5.04. The average Bonchev–Trinajstić information content (AvgIpc) is 2.74. The molecule has 1 aromatic rings. The molecule has 0 aliphatic heterocycles. The molecule has 0 aromatic carbocycles. The summed E-state index contributed by atoms with van der Waals surface area (Å²) in [4.78, 5) is 1.09. The molecular formula is C8H9BrOS. The van der Waals surface area contributed by atoms with E-state index in [4.69, 9.17) is 0 Å². The summed E-state index contributed by atoms with van der Waals surface area (Å²) in [5.41, 5.74) is 0. The Labute approximate surface area is 78.2 Å². The summed E-state index contributed by atoms with van der Waals surface area (Å²) in [5.74, 6) is 0.532. The Morgan fingerprint density at radius 1 is 1.64 bits per heavy atom. The van der Waals surface area contributed by atoms with Crippen LogP contribution in [0.15, 0.2) is 15.9 Å². The van der Waals surface area contributed by atoms with Gasteiger partial charge in [0.1, 0.15) is 0 Å². The van der Waals surface area contributed by atoms with Gasteiger partial charge in [0.15, 0.2) is 0 Å². The van der Waals surface area contributed by atoms with Gasteiger partial charge >= 0.3 is 0 Å². The van der Waals surface area contributed by atoms with Gasteiger partial charge in [-0.3, -0.25) is 0 Å². The highest BCUT2D eigenvalue weighted by molar-refractivity contribution is 9.10. The van der Waals surface area contributed by atoms with Crippen LogP contribution >= 0.6 is 27.3 Å². The van der Waals surface area contributed by atoms with Crippen molar-refractivity contribution in [3.8, 4) is 0 Å². The van der Waals surface area contributed by atoms with E-state index in [1.807, 2.05) is 11.4 Å². The first-order chi connectivity index (χ1) is 5.29. The average molecular weight is 233 g/mol. The Bertz CT molecular complexity index is 254. The van der Waals surface area contributed by atoms with Gasteiger partial charge < -0.3 is 5.11 Å². The Morgan fingerprint density at radius 2 is 2.36 bits per heavy atom. The van der Waals surface area contributed by atoms with Crippen LogP contribution < -0.4 is 0 Å². The van der Waals surface area contributed by atoms with Crippen molar-refractivity contribution in [3.63, 3.8) is 0 Å². The van der Waals surface area contributed by atoms with Crippen LogP contribution in [0.3, 0.4) is 0 Å². The highest BCUT2D eigenvalue weighted by Crippen LogP contribution is 2.44. The maximum atomic E-state index is 9.71. The largest absolute Gasteiger partial charge is 0.387 e. The minimum absolute atomic E-state index is 0.218. The van der Waals surface area contributed by atoms with E-state index < -0.39 is 0 Å². The first-order valence-electron chi connectivity index (χ1n) is 3.70. The number of aliphatic hydroxyl groups is 1. The molecule has 1 aliphatic carbocycles. The van der Waals surface area contributed by atoms with Crippen LogP contribution in [0.1, 0.15) is 23.8 Å². The number of thiophene rings is 1. The van der Waals surface area contributed by atoms with Crippen LogP contribution in [0.2, 0.25) is 0 Å². The van der Waals surface area contributed by atoms with Gasteiger partial charge in [-0.25, -0.2) is 0 Å². The van der Waals surface area contributed by atoms with E-state index in [2.05, 4.69) is 15.9 Å². The molecule has 0 radical (unpaired) electrons. The summed E-state index contributed by atoms with van der Waals surface area (Å²) in [6, 6.07) is 1.99. The molecule has 1 saturated carbocycles. The molecule has 1 aromatic heterocycles. The van der Waals surface area contributed by atoms with Crippen molar-refractivity contribution < 1.29 is 5.11 Å². The standard InChI is InChI=1S/C8H9BrOS/c9-6-3-4-11-8(6)7(10)5-1-2-5/h3-5,7,10H,1-2H2. The third kappa shape index (κ3) is 1.50. The van der Waals surface area contributed by atoms with Gasteiger partial charge in [0, 0.05) is 9.35 Å². The number of halogens is 1. The summed E-state index contributed by atoms with van der Waals surface area (Å²) in [7, 11) is 0. The summed E-state index contributed by atoms with van der Waals surface area (Å²) in [5, 5.41) is 11.7. The lowest BCUT2D eigenvalue weighted by atomic mass is 10.2. The number of aliphatic hydroxyl groups excluding tert-OH is 1. The van der Waals surface area contributed by atoms with Gasteiger partial charge in [-0.15, -0.1) is 11.3 Å². The normalized spacial score (nSPS) is 20.2. The van der Waals surface area contributed by atoms with Crippen molar-refractivity contribution in [2.75, 3.05) is 0 Å². The molecule has 1 atom stereocenters. The first kappa shape index (κ1) is 7.77. The monoisotopic (exact) mass is 232 g/mol. The molecule has 60 valence electrons. The fraction of sp³-hybridized carbons (Fsp3) is 0.500. The van der Waals surface area contributed by atoms with Crippen molar-refractivity contribution in [1.82, 2.24) is 0 Å². The zero-order chi connectivity index (χ0) is 7.84. The Hall–Kier alpha value is 0.140. The van der Waals surface area contributed by atoms with Crippen LogP contribution in [0, 0.1) is 5.92 Å². The van der Waals surface area contributed by atoms with Crippen molar-refractivity contribution >= 4 is 27.3 Å². The van der Waals surface area contributed by atoms with Gasteiger partial charge in [0.05, 0.1) is 6.10 Å². The van der Waals surface area contributed by atoms with Crippen molar-refractivity contribution in [2.45, 2.75) is 18.9 Å². The van der Waals surface area contributed by atoms with Crippen LogP contribution in [0.4, 0.5) is 0 Å². The fourth-order valence-electron chi connectivity index (χ4n) is 1.14. The zero-order valence-corrected chi connectivity index (χ0v) is 8.36. The topological polar surface area (TPSA) is 20.2 Å². The summed E-state index contributed by atoms with van der Waals surface area (Å²) in [6.07, 6.45) is 2.15. The van der Waals surface area contributed by atoms with Crippen molar-refractivity contribution in [1.29, 1.82) is 0 Å². The SMILES string of the molecule is OC(c1sccc1Br)C1CC1. The van der Waals surface area contributed by atoms with E-state index >= 15 is 0 Å². The second-order valence-electron chi connectivity index (χ2n) is 2.92. The molecule has 0 spiro atoms. The quantitative estimate of drug-likeness (QED) is 0.832. The molecule has 0 amide bonds.